The molecule has 0 aliphatic carbocycles. The zero-order chi connectivity index (χ0) is 12.1. The van der Waals surface area contributed by atoms with Crippen LogP contribution in [-0.2, 0) is 23.1 Å². The summed E-state index contributed by atoms with van der Waals surface area (Å²) in [5.41, 5.74) is 0. The number of methoxy groups -OCH3 is 1. The molecule has 0 aromatic carbocycles. The van der Waals surface area contributed by atoms with Crippen LogP contribution in [0.4, 0.5) is 0 Å². The third kappa shape index (κ3) is 4.33. The number of esters is 1. The number of ether oxygens (including phenoxy) is 1. The smallest absolute Gasteiger partial charge is 0.336 e. The van der Waals surface area contributed by atoms with Gasteiger partial charge in [0.2, 0.25) is 0 Å². The predicted octanol–water partition coefficient (Wildman–Crippen LogP) is 2.20. The highest BCUT2D eigenvalue weighted by Gasteiger charge is 2.39. The van der Waals surface area contributed by atoms with Crippen LogP contribution in [0.15, 0.2) is 0 Å². The minimum atomic E-state index is -3.27. The summed E-state index contributed by atoms with van der Waals surface area (Å²) in [5, 5.41) is -0.656. The summed E-state index contributed by atoms with van der Waals surface area (Å²) in [6, 6.07) is 0. The van der Waals surface area contributed by atoms with Crippen molar-refractivity contribution >= 4 is 13.6 Å². The van der Waals surface area contributed by atoms with Crippen molar-refractivity contribution in [2.45, 2.75) is 32.9 Å². The molecular formula is C9H19O5P. The summed E-state index contributed by atoms with van der Waals surface area (Å²) in [6.45, 7) is 6.85. The maximum atomic E-state index is 12.2. The predicted molar refractivity (Wildman–Crippen MR) is 57.0 cm³/mol. The van der Waals surface area contributed by atoms with Crippen LogP contribution in [-0.4, -0.2) is 31.4 Å². The molecule has 0 aliphatic heterocycles. The van der Waals surface area contributed by atoms with Crippen molar-refractivity contribution in [3.8, 4) is 0 Å². The van der Waals surface area contributed by atoms with Crippen LogP contribution in [0.3, 0.4) is 0 Å². The molecule has 0 aromatic rings. The fraction of sp³-hybridized carbons (Fsp3) is 0.889. The summed E-state index contributed by atoms with van der Waals surface area (Å²) in [6.07, 6.45) is 0. The second-order valence-corrected chi connectivity index (χ2v) is 6.79. The third-order valence-corrected chi connectivity index (χ3v) is 4.41. The van der Waals surface area contributed by atoms with Crippen molar-refractivity contribution in [3.05, 3.63) is 0 Å². The van der Waals surface area contributed by atoms with Crippen molar-refractivity contribution < 1.29 is 23.1 Å². The molecule has 6 heteroatoms. The summed E-state index contributed by atoms with van der Waals surface area (Å²) < 4.78 is 26.8. The normalized spacial score (nSPS) is 15.8. The summed E-state index contributed by atoms with van der Waals surface area (Å²) in [5.74, 6) is -0.570. The van der Waals surface area contributed by atoms with Crippen molar-refractivity contribution in [2.24, 2.45) is 0 Å². The summed E-state index contributed by atoms with van der Waals surface area (Å²) >= 11 is 0. The molecule has 15 heavy (non-hydrogen) atoms. The Hall–Kier alpha value is -0.380. The first-order valence-electron chi connectivity index (χ1n) is 4.73. The molecule has 0 radical (unpaired) electrons. The zero-order valence-corrected chi connectivity index (χ0v) is 10.8. The SMILES string of the molecule is CCOP(=O)(OCC(=O)OC)C(C)(C)C. The van der Waals surface area contributed by atoms with Gasteiger partial charge in [0.05, 0.1) is 18.9 Å². The highest BCUT2D eigenvalue weighted by molar-refractivity contribution is 7.55. The first-order chi connectivity index (χ1) is 6.77. The third-order valence-electron chi connectivity index (χ3n) is 1.70. The molecule has 0 aliphatic rings. The van der Waals surface area contributed by atoms with Gasteiger partial charge in [-0.05, 0) is 27.7 Å². The molecular weight excluding hydrogens is 219 g/mol. The molecule has 0 rings (SSSR count). The van der Waals surface area contributed by atoms with Crippen LogP contribution in [0.25, 0.3) is 0 Å². The molecule has 0 heterocycles. The quantitative estimate of drug-likeness (QED) is 0.542. The van der Waals surface area contributed by atoms with Gasteiger partial charge >= 0.3 is 13.6 Å². The van der Waals surface area contributed by atoms with E-state index in [1.54, 1.807) is 27.7 Å². The standard InChI is InChI=1S/C9H19O5P/c1-6-13-15(11,9(2,3)4)14-7-8(10)12-5/h6-7H2,1-5H3. The van der Waals surface area contributed by atoms with Gasteiger partial charge < -0.3 is 9.26 Å². The van der Waals surface area contributed by atoms with Gasteiger partial charge in [-0.25, -0.2) is 4.79 Å². The van der Waals surface area contributed by atoms with Crippen LogP contribution in [0.5, 0.6) is 0 Å². The molecule has 0 spiro atoms. The van der Waals surface area contributed by atoms with Crippen LogP contribution < -0.4 is 0 Å². The minimum absolute atomic E-state index is 0.274. The highest BCUT2D eigenvalue weighted by atomic mass is 31.2. The minimum Gasteiger partial charge on any atom is -0.467 e. The van der Waals surface area contributed by atoms with Gasteiger partial charge in [0.1, 0.15) is 0 Å². The Morgan fingerprint density at radius 2 is 1.80 bits per heavy atom. The number of hydrogen-bond acceptors (Lipinski definition) is 5. The topological polar surface area (TPSA) is 61.8 Å². The molecule has 0 aromatic heterocycles. The van der Waals surface area contributed by atoms with Gasteiger partial charge in [0.15, 0.2) is 6.61 Å². The highest BCUT2D eigenvalue weighted by Crippen LogP contribution is 2.59. The summed E-state index contributed by atoms with van der Waals surface area (Å²) in [4.78, 5) is 10.9. The lowest BCUT2D eigenvalue weighted by atomic mass is 10.3. The molecule has 0 N–H and O–H groups in total. The number of carbonyl (C=O) groups is 1. The van der Waals surface area contributed by atoms with Gasteiger partial charge in [-0.3, -0.25) is 9.09 Å². The number of carbonyl (C=O) groups excluding carboxylic acids is 1. The Bertz CT molecular complexity index is 256. The Labute approximate surface area is 90.6 Å². The molecule has 5 nitrogen and oxygen atoms in total. The number of rotatable bonds is 5. The van der Waals surface area contributed by atoms with Crippen LogP contribution in [0, 0.1) is 0 Å². The van der Waals surface area contributed by atoms with Gasteiger partial charge in [-0.1, -0.05) is 0 Å². The van der Waals surface area contributed by atoms with Crippen molar-refractivity contribution in [3.63, 3.8) is 0 Å². The first-order valence-corrected chi connectivity index (χ1v) is 6.27. The van der Waals surface area contributed by atoms with E-state index in [-0.39, 0.29) is 13.2 Å². The van der Waals surface area contributed by atoms with E-state index in [1.807, 2.05) is 0 Å². The monoisotopic (exact) mass is 238 g/mol. The van der Waals surface area contributed by atoms with E-state index in [4.69, 9.17) is 9.05 Å². The van der Waals surface area contributed by atoms with E-state index < -0.39 is 18.7 Å². The average Bonchev–Trinajstić information content (AvgIpc) is 2.13. The van der Waals surface area contributed by atoms with Crippen molar-refractivity contribution in [1.29, 1.82) is 0 Å². The molecule has 1 unspecified atom stereocenters. The zero-order valence-electron chi connectivity index (χ0n) is 9.90. The van der Waals surface area contributed by atoms with Crippen LogP contribution >= 0.6 is 7.60 Å². The van der Waals surface area contributed by atoms with Gasteiger partial charge in [0.25, 0.3) is 0 Å². The molecule has 0 fully saturated rings. The van der Waals surface area contributed by atoms with E-state index in [9.17, 15) is 9.36 Å². The Morgan fingerprint density at radius 3 is 2.13 bits per heavy atom. The molecule has 1 atom stereocenters. The van der Waals surface area contributed by atoms with Gasteiger partial charge in [-0.15, -0.1) is 0 Å². The van der Waals surface area contributed by atoms with Crippen LogP contribution in [0.2, 0.25) is 0 Å². The molecule has 0 bridgehead atoms. The largest absolute Gasteiger partial charge is 0.467 e. The van der Waals surface area contributed by atoms with Crippen molar-refractivity contribution in [2.75, 3.05) is 20.3 Å². The molecule has 0 saturated carbocycles. The van der Waals surface area contributed by atoms with E-state index in [0.29, 0.717) is 0 Å². The Balaban J connectivity index is 4.54. The summed E-state index contributed by atoms with van der Waals surface area (Å²) in [7, 11) is -2.03. The molecule has 90 valence electrons. The fourth-order valence-corrected chi connectivity index (χ4v) is 2.26. The lowest BCUT2D eigenvalue weighted by Crippen LogP contribution is -2.21. The van der Waals surface area contributed by atoms with E-state index in [0.717, 1.165) is 0 Å². The van der Waals surface area contributed by atoms with E-state index in [2.05, 4.69) is 4.74 Å². The molecule has 0 saturated heterocycles. The lowest BCUT2D eigenvalue weighted by molar-refractivity contribution is -0.143. The Morgan fingerprint density at radius 1 is 1.27 bits per heavy atom. The lowest BCUT2D eigenvalue weighted by Gasteiger charge is -2.28. The van der Waals surface area contributed by atoms with E-state index >= 15 is 0 Å². The van der Waals surface area contributed by atoms with Gasteiger partial charge in [0, 0.05) is 0 Å². The maximum absolute atomic E-state index is 12.2. The fourth-order valence-electron chi connectivity index (χ4n) is 0.791. The second kappa shape index (κ2) is 5.64. The first kappa shape index (κ1) is 14.6. The molecule has 0 amide bonds. The number of hydrogen-bond donors (Lipinski definition) is 0. The van der Waals surface area contributed by atoms with Gasteiger partial charge in [-0.2, -0.15) is 0 Å². The maximum Gasteiger partial charge on any atom is 0.336 e. The average molecular weight is 238 g/mol. The Kier molecular flexibility index (Phi) is 5.49. The van der Waals surface area contributed by atoms with E-state index in [1.165, 1.54) is 7.11 Å². The second-order valence-electron chi connectivity index (χ2n) is 3.94. The van der Waals surface area contributed by atoms with Crippen molar-refractivity contribution in [1.82, 2.24) is 0 Å². The van der Waals surface area contributed by atoms with Crippen LogP contribution in [0.1, 0.15) is 27.7 Å².